The molecule has 5 heteroatoms. The first-order valence-corrected chi connectivity index (χ1v) is 7.12. The third-order valence-corrected chi connectivity index (χ3v) is 3.96. The molecule has 1 fully saturated rings. The van der Waals surface area contributed by atoms with Crippen molar-refractivity contribution < 1.29 is 9.90 Å². The van der Waals surface area contributed by atoms with Gasteiger partial charge in [-0.25, -0.2) is 0 Å². The van der Waals surface area contributed by atoms with Crippen LogP contribution in [0.4, 0.5) is 0 Å². The van der Waals surface area contributed by atoms with Crippen LogP contribution >= 0.6 is 11.8 Å². The number of hydrogen-bond acceptors (Lipinski definition) is 4. The van der Waals surface area contributed by atoms with Crippen molar-refractivity contribution in [3.63, 3.8) is 0 Å². The van der Waals surface area contributed by atoms with E-state index in [2.05, 4.69) is 10.6 Å². The van der Waals surface area contributed by atoms with Crippen molar-refractivity contribution in [3.05, 3.63) is 0 Å². The lowest BCUT2D eigenvalue weighted by Gasteiger charge is -2.21. The van der Waals surface area contributed by atoms with Crippen LogP contribution < -0.4 is 10.6 Å². The summed E-state index contributed by atoms with van der Waals surface area (Å²) in [7, 11) is 0. The van der Waals surface area contributed by atoms with Crippen LogP contribution in [0.1, 0.15) is 26.2 Å². The minimum atomic E-state index is 0.131. The molecule has 0 aromatic carbocycles. The van der Waals surface area contributed by atoms with Crippen molar-refractivity contribution in [2.24, 2.45) is 0 Å². The molecule has 1 saturated carbocycles. The van der Waals surface area contributed by atoms with E-state index in [1.165, 1.54) is 0 Å². The van der Waals surface area contributed by atoms with E-state index >= 15 is 0 Å². The highest BCUT2D eigenvalue weighted by Gasteiger charge is 2.23. The Hall–Kier alpha value is -0.260. The monoisotopic (exact) mass is 246 g/mol. The second-order valence-electron chi connectivity index (χ2n) is 4.29. The van der Waals surface area contributed by atoms with Crippen LogP contribution in [0.15, 0.2) is 0 Å². The van der Waals surface area contributed by atoms with E-state index in [0.717, 1.165) is 12.8 Å². The average molecular weight is 246 g/mol. The summed E-state index contributed by atoms with van der Waals surface area (Å²) >= 11 is 1.64. The van der Waals surface area contributed by atoms with E-state index in [9.17, 15) is 4.79 Å². The molecule has 1 aliphatic carbocycles. The van der Waals surface area contributed by atoms with E-state index in [0.29, 0.717) is 19.0 Å². The average Bonchev–Trinajstić information content (AvgIpc) is 3.03. The fourth-order valence-corrected chi connectivity index (χ4v) is 2.16. The minimum absolute atomic E-state index is 0.131. The molecule has 4 nitrogen and oxygen atoms in total. The van der Waals surface area contributed by atoms with Gasteiger partial charge in [0.05, 0.1) is 6.61 Å². The van der Waals surface area contributed by atoms with Crippen molar-refractivity contribution in [1.82, 2.24) is 10.6 Å². The largest absolute Gasteiger partial charge is 0.395 e. The van der Waals surface area contributed by atoms with E-state index in [1.54, 1.807) is 11.8 Å². The second kappa shape index (κ2) is 7.14. The Balaban J connectivity index is 2.06. The molecule has 2 unspecified atom stereocenters. The van der Waals surface area contributed by atoms with E-state index in [4.69, 9.17) is 5.11 Å². The van der Waals surface area contributed by atoms with Crippen LogP contribution in [0.25, 0.3) is 0 Å². The zero-order valence-corrected chi connectivity index (χ0v) is 10.8. The number of nitrogens with one attached hydrogen (secondary N) is 2. The lowest BCUT2D eigenvalue weighted by molar-refractivity contribution is -0.121. The first-order valence-electron chi connectivity index (χ1n) is 5.83. The summed E-state index contributed by atoms with van der Waals surface area (Å²) < 4.78 is 0. The SMILES string of the molecule is CSC(CO)C(C)NCCC(=O)NC1CC1. The molecule has 2 atom stereocenters. The fraction of sp³-hybridized carbons (Fsp3) is 0.909. The highest BCUT2D eigenvalue weighted by atomic mass is 32.2. The van der Waals surface area contributed by atoms with Gasteiger partial charge in [0.15, 0.2) is 0 Å². The van der Waals surface area contributed by atoms with Gasteiger partial charge in [-0.1, -0.05) is 0 Å². The summed E-state index contributed by atoms with van der Waals surface area (Å²) in [4.78, 5) is 11.4. The molecule has 0 aromatic rings. The molecule has 0 saturated heterocycles. The third-order valence-electron chi connectivity index (χ3n) is 2.80. The van der Waals surface area contributed by atoms with E-state index < -0.39 is 0 Å². The summed E-state index contributed by atoms with van der Waals surface area (Å²) in [5.74, 6) is 0.131. The lowest BCUT2D eigenvalue weighted by atomic mass is 10.2. The first kappa shape index (κ1) is 13.8. The predicted molar refractivity (Wildman–Crippen MR) is 67.6 cm³/mol. The van der Waals surface area contributed by atoms with E-state index in [-0.39, 0.29) is 23.8 Å². The molecule has 1 aliphatic rings. The zero-order chi connectivity index (χ0) is 12.0. The Kier molecular flexibility index (Phi) is 6.16. The molecule has 0 aliphatic heterocycles. The van der Waals surface area contributed by atoms with Crippen LogP contribution in [-0.2, 0) is 4.79 Å². The summed E-state index contributed by atoms with van der Waals surface area (Å²) in [6.45, 7) is 2.89. The molecule has 3 N–H and O–H groups in total. The number of carbonyl (C=O) groups is 1. The second-order valence-corrected chi connectivity index (χ2v) is 5.37. The summed E-state index contributed by atoms with van der Waals surface area (Å²) in [6.07, 6.45) is 4.77. The quantitative estimate of drug-likeness (QED) is 0.578. The van der Waals surface area contributed by atoms with Crippen LogP contribution in [0.5, 0.6) is 0 Å². The summed E-state index contributed by atoms with van der Waals surface area (Å²) in [6, 6.07) is 0.676. The van der Waals surface area contributed by atoms with Gasteiger partial charge in [0, 0.05) is 30.3 Å². The van der Waals surface area contributed by atoms with Crippen LogP contribution in [0.2, 0.25) is 0 Å². The number of amides is 1. The van der Waals surface area contributed by atoms with Crippen molar-refractivity contribution in [3.8, 4) is 0 Å². The molecule has 0 spiro atoms. The number of hydrogen-bond donors (Lipinski definition) is 3. The van der Waals surface area contributed by atoms with Crippen molar-refractivity contribution in [2.45, 2.75) is 43.5 Å². The Morgan fingerprint density at radius 2 is 2.25 bits per heavy atom. The smallest absolute Gasteiger partial charge is 0.221 e. The van der Waals surface area contributed by atoms with Crippen LogP contribution in [0.3, 0.4) is 0 Å². The normalized spacial score (nSPS) is 19.2. The molecular formula is C11H22N2O2S. The highest BCUT2D eigenvalue weighted by Crippen LogP contribution is 2.18. The lowest BCUT2D eigenvalue weighted by Crippen LogP contribution is -2.39. The van der Waals surface area contributed by atoms with Gasteiger partial charge < -0.3 is 15.7 Å². The summed E-state index contributed by atoms with van der Waals surface area (Å²) in [5, 5.41) is 15.5. The van der Waals surface area contributed by atoms with E-state index in [1.807, 2.05) is 13.2 Å². The van der Waals surface area contributed by atoms with Crippen molar-refractivity contribution in [1.29, 1.82) is 0 Å². The number of aliphatic hydroxyl groups excluding tert-OH is 1. The molecular weight excluding hydrogens is 224 g/mol. The summed E-state index contributed by atoms with van der Waals surface area (Å²) in [5.41, 5.74) is 0. The zero-order valence-electron chi connectivity index (χ0n) is 10.0. The Bertz CT molecular complexity index is 218. The van der Waals surface area contributed by atoms with Crippen LogP contribution in [0, 0.1) is 0 Å². The van der Waals surface area contributed by atoms with Crippen molar-refractivity contribution in [2.75, 3.05) is 19.4 Å². The Morgan fingerprint density at radius 3 is 2.75 bits per heavy atom. The van der Waals surface area contributed by atoms with Gasteiger partial charge in [-0.2, -0.15) is 11.8 Å². The number of thioether (sulfide) groups is 1. The molecule has 0 radical (unpaired) electrons. The van der Waals surface area contributed by atoms with Crippen LogP contribution in [-0.4, -0.2) is 47.8 Å². The molecule has 0 aromatic heterocycles. The van der Waals surface area contributed by atoms with Gasteiger partial charge in [-0.15, -0.1) is 0 Å². The maximum absolute atomic E-state index is 11.4. The first-order chi connectivity index (χ1) is 7.67. The maximum Gasteiger partial charge on any atom is 0.221 e. The predicted octanol–water partition coefficient (Wildman–Crippen LogP) is 0.357. The molecule has 1 rings (SSSR count). The number of aliphatic hydroxyl groups is 1. The molecule has 1 amide bonds. The third kappa shape index (κ3) is 5.18. The van der Waals surface area contributed by atoms with Gasteiger partial charge >= 0.3 is 0 Å². The van der Waals surface area contributed by atoms with Gasteiger partial charge in [0.2, 0.25) is 5.91 Å². The fourth-order valence-electron chi connectivity index (χ4n) is 1.51. The number of carbonyl (C=O) groups excluding carboxylic acids is 1. The topological polar surface area (TPSA) is 61.4 Å². The van der Waals surface area contributed by atoms with Gasteiger partial charge in [-0.3, -0.25) is 4.79 Å². The standard InChI is InChI=1S/C11H22N2O2S/c1-8(10(7-14)16-2)12-6-5-11(15)13-9-3-4-9/h8-10,12,14H,3-7H2,1-2H3,(H,13,15). The molecule has 0 bridgehead atoms. The highest BCUT2D eigenvalue weighted by molar-refractivity contribution is 7.99. The van der Waals surface area contributed by atoms with Crippen molar-refractivity contribution >= 4 is 17.7 Å². The minimum Gasteiger partial charge on any atom is -0.395 e. The number of rotatable bonds is 8. The molecule has 16 heavy (non-hydrogen) atoms. The van der Waals surface area contributed by atoms with Gasteiger partial charge in [0.1, 0.15) is 0 Å². The maximum atomic E-state index is 11.4. The molecule has 94 valence electrons. The molecule has 0 heterocycles. The Labute approximate surface area is 102 Å². The van der Waals surface area contributed by atoms with Gasteiger partial charge in [-0.05, 0) is 26.0 Å². The Morgan fingerprint density at radius 1 is 1.56 bits per heavy atom. The van der Waals surface area contributed by atoms with Gasteiger partial charge in [0.25, 0.3) is 0 Å².